The van der Waals surface area contributed by atoms with E-state index in [0.717, 1.165) is 24.2 Å². The van der Waals surface area contributed by atoms with Crippen LogP contribution in [0.2, 0.25) is 0 Å². The molecule has 0 saturated heterocycles. The molecule has 0 aliphatic carbocycles. The highest BCUT2D eigenvalue weighted by molar-refractivity contribution is 5.71. The summed E-state index contributed by atoms with van der Waals surface area (Å²) < 4.78 is 10.2. The summed E-state index contributed by atoms with van der Waals surface area (Å²) in [7, 11) is 1.54. The van der Waals surface area contributed by atoms with E-state index in [9.17, 15) is 5.11 Å². The van der Waals surface area contributed by atoms with E-state index >= 15 is 0 Å². The van der Waals surface area contributed by atoms with E-state index < -0.39 is 0 Å². The number of hydrogen-bond acceptors (Lipinski definition) is 3. The lowest BCUT2D eigenvalue weighted by molar-refractivity contribution is 0.371. The van der Waals surface area contributed by atoms with Crippen LogP contribution < -0.4 is 9.47 Å². The van der Waals surface area contributed by atoms with Gasteiger partial charge >= 0.3 is 0 Å². The maximum Gasteiger partial charge on any atom is 0.215 e. The summed E-state index contributed by atoms with van der Waals surface area (Å²) in [5.41, 5.74) is 1.12. The summed E-state index contributed by atoms with van der Waals surface area (Å²) in [5.74, 6) is 2.04. The molecular weight excluding hydrogens is 168 g/mol. The molecule has 0 unspecified atom stereocenters. The molecule has 0 spiro atoms. The van der Waals surface area contributed by atoms with E-state index in [4.69, 9.17) is 9.47 Å². The van der Waals surface area contributed by atoms with Crippen molar-refractivity contribution in [2.45, 2.75) is 19.8 Å². The van der Waals surface area contributed by atoms with Crippen molar-refractivity contribution in [2.24, 2.45) is 0 Å². The van der Waals surface area contributed by atoms with Crippen molar-refractivity contribution >= 4 is 0 Å². The zero-order valence-electron chi connectivity index (χ0n) is 7.76. The molecule has 3 heteroatoms. The Balaban J connectivity index is 2.40. The third-order valence-corrected chi connectivity index (χ3v) is 2.15. The lowest BCUT2D eigenvalue weighted by Gasteiger charge is -2.01. The molecule has 0 bridgehead atoms. The van der Waals surface area contributed by atoms with Gasteiger partial charge in [0.2, 0.25) is 11.5 Å². The first-order valence-corrected chi connectivity index (χ1v) is 4.38. The molecule has 0 saturated carbocycles. The Morgan fingerprint density at radius 2 is 2.23 bits per heavy atom. The largest absolute Gasteiger partial charge is 0.502 e. The Labute approximate surface area is 76.9 Å². The minimum absolute atomic E-state index is 0.123. The monoisotopic (exact) mass is 180 g/mol. The average molecular weight is 180 g/mol. The molecule has 0 radical (unpaired) electrons. The fourth-order valence-electron chi connectivity index (χ4n) is 1.46. The van der Waals surface area contributed by atoms with Crippen LogP contribution >= 0.6 is 0 Å². The molecule has 1 aliphatic heterocycles. The minimum Gasteiger partial charge on any atom is -0.502 e. The van der Waals surface area contributed by atoms with Gasteiger partial charge in [-0.1, -0.05) is 13.3 Å². The predicted molar refractivity (Wildman–Crippen MR) is 48.7 cm³/mol. The first-order chi connectivity index (χ1) is 6.27. The molecule has 2 rings (SSSR count). The number of ether oxygens (including phenoxy) is 2. The molecule has 0 atom stereocenters. The van der Waals surface area contributed by atoms with E-state index in [1.807, 2.05) is 6.07 Å². The molecule has 70 valence electrons. The first-order valence-electron chi connectivity index (χ1n) is 4.38. The molecule has 0 amide bonds. The van der Waals surface area contributed by atoms with E-state index in [1.165, 1.54) is 0 Å². The van der Waals surface area contributed by atoms with Gasteiger partial charge in [-0.2, -0.15) is 0 Å². The lowest BCUT2D eigenvalue weighted by Crippen LogP contribution is -1.84. The lowest BCUT2D eigenvalue weighted by atomic mass is 10.1. The fourth-order valence-corrected chi connectivity index (χ4v) is 1.46. The highest BCUT2D eigenvalue weighted by atomic mass is 16.6. The highest BCUT2D eigenvalue weighted by Crippen LogP contribution is 2.58. The van der Waals surface area contributed by atoms with Gasteiger partial charge in [0, 0.05) is 5.56 Å². The molecule has 1 aromatic rings. The summed E-state index contributed by atoms with van der Waals surface area (Å²) in [6, 6.07) is 1.84. The van der Waals surface area contributed by atoms with Gasteiger partial charge < -0.3 is 14.6 Å². The highest BCUT2D eigenvalue weighted by Gasteiger charge is 2.31. The maximum absolute atomic E-state index is 9.49. The summed E-state index contributed by atoms with van der Waals surface area (Å²) in [6.07, 6.45) is 2.02. The van der Waals surface area contributed by atoms with Crippen molar-refractivity contribution in [3.8, 4) is 23.0 Å². The molecule has 1 aliphatic rings. The second-order valence-electron chi connectivity index (χ2n) is 3.10. The summed E-state index contributed by atoms with van der Waals surface area (Å²) in [4.78, 5) is 0. The van der Waals surface area contributed by atoms with Crippen LogP contribution in [-0.2, 0) is 6.42 Å². The Kier molecular flexibility index (Phi) is 1.79. The normalized spacial score (nSPS) is 11.8. The summed E-state index contributed by atoms with van der Waals surface area (Å²) in [6.45, 7) is 2.11. The number of hydrogen-bond donors (Lipinski definition) is 1. The van der Waals surface area contributed by atoms with Crippen LogP contribution in [-0.4, -0.2) is 12.2 Å². The third-order valence-electron chi connectivity index (χ3n) is 2.15. The number of phenolic OH excluding ortho intramolecular Hbond substituents is 1. The van der Waals surface area contributed by atoms with Crippen LogP contribution in [0.1, 0.15) is 18.9 Å². The Hall–Kier alpha value is -1.38. The number of aryl methyl sites for hydroxylation is 1. The van der Waals surface area contributed by atoms with Crippen molar-refractivity contribution in [3.63, 3.8) is 0 Å². The second-order valence-corrected chi connectivity index (χ2v) is 3.10. The Bertz CT molecular complexity index is 345. The summed E-state index contributed by atoms with van der Waals surface area (Å²) >= 11 is 0. The van der Waals surface area contributed by atoms with Crippen LogP contribution in [0.15, 0.2) is 6.07 Å². The van der Waals surface area contributed by atoms with Gasteiger partial charge in [-0.15, -0.1) is 0 Å². The first kappa shape index (κ1) is 8.23. The zero-order valence-corrected chi connectivity index (χ0v) is 7.76. The van der Waals surface area contributed by atoms with Crippen molar-refractivity contribution in [1.29, 1.82) is 0 Å². The van der Waals surface area contributed by atoms with Gasteiger partial charge in [0.15, 0.2) is 11.5 Å². The maximum atomic E-state index is 9.49. The van der Waals surface area contributed by atoms with Crippen molar-refractivity contribution in [2.75, 3.05) is 7.11 Å². The van der Waals surface area contributed by atoms with E-state index in [0.29, 0.717) is 11.5 Å². The third kappa shape index (κ3) is 1.20. The van der Waals surface area contributed by atoms with Crippen LogP contribution in [0.3, 0.4) is 0 Å². The number of aromatic hydroxyl groups is 1. The number of fused-ring (bicyclic) bond motifs is 1. The molecular formula is C10H12O3. The fraction of sp³-hybridized carbons (Fsp3) is 0.400. The molecule has 1 heterocycles. The van der Waals surface area contributed by atoms with Crippen molar-refractivity contribution in [3.05, 3.63) is 11.6 Å². The summed E-state index contributed by atoms with van der Waals surface area (Å²) in [5, 5.41) is 9.49. The molecule has 0 aromatic heterocycles. The topological polar surface area (TPSA) is 42.0 Å². The quantitative estimate of drug-likeness (QED) is 0.738. The van der Waals surface area contributed by atoms with Crippen molar-refractivity contribution in [1.82, 2.24) is 0 Å². The van der Waals surface area contributed by atoms with Gasteiger partial charge in [0.05, 0.1) is 7.11 Å². The molecule has 1 N–H and O–H groups in total. The molecule has 13 heavy (non-hydrogen) atoms. The van der Waals surface area contributed by atoms with E-state index in [1.54, 1.807) is 7.11 Å². The van der Waals surface area contributed by atoms with Gasteiger partial charge in [-0.05, 0) is 12.5 Å². The molecule has 1 aromatic carbocycles. The number of methoxy groups -OCH3 is 1. The van der Waals surface area contributed by atoms with Crippen LogP contribution in [0.25, 0.3) is 0 Å². The Morgan fingerprint density at radius 1 is 1.46 bits per heavy atom. The average Bonchev–Trinajstić information content (AvgIpc) is 2.90. The van der Waals surface area contributed by atoms with Crippen LogP contribution in [0, 0.1) is 0 Å². The number of benzene rings is 1. The van der Waals surface area contributed by atoms with Gasteiger partial charge in [0.1, 0.15) is 0 Å². The van der Waals surface area contributed by atoms with Gasteiger partial charge in [0.25, 0.3) is 0 Å². The Morgan fingerprint density at radius 3 is 2.85 bits per heavy atom. The van der Waals surface area contributed by atoms with Crippen LogP contribution in [0.5, 0.6) is 23.0 Å². The van der Waals surface area contributed by atoms with E-state index in [2.05, 4.69) is 6.92 Å². The molecule has 0 fully saturated rings. The minimum atomic E-state index is 0.123. The second kappa shape index (κ2) is 2.83. The predicted octanol–water partition coefficient (Wildman–Crippen LogP) is 2.46. The molecule has 3 nitrogen and oxygen atoms in total. The van der Waals surface area contributed by atoms with Gasteiger partial charge in [-0.3, -0.25) is 0 Å². The zero-order chi connectivity index (χ0) is 9.42. The van der Waals surface area contributed by atoms with Crippen LogP contribution in [0.4, 0.5) is 0 Å². The number of rotatable bonds is 3. The van der Waals surface area contributed by atoms with Crippen molar-refractivity contribution < 1.29 is 14.6 Å². The standard InChI is InChI=1S/C10H12O3/c1-3-4-6-5-7(12-2)8(11)10-9(6)13-10/h5,11H,3-4H2,1-2H3. The SMILES string of the molecule is CCCc1cc(OC)c(O)c2c1O2. The number of phenols is 1. The smallest absolute Gasteiger partial charge is 0.215 e. The van der Waals surface area contributed by atoms with E-state index in [-0.39, 0.29) is 5.75 Å². The van der Waals surface area contributed by atoms with Gasteiger partial charge in [-0.25, -0.2) is 0 Å².